The van der Waals surface area contributed by atoms with Gasteiger partial charge in [-0.3, -0.25) is 9.78 Å². The Bertz CT molecular complexity index is 546. The molecule has 3 N–H and O–H groups in total. The maximum Gasteiger partial charge on any atom is 0.251 e. The van der Waals surface area contributed by atoms with Crippen molar-refractivity contribution < 1.29 is 4.79 Å². The zero-order chi connectivity index (χ0) is 13.1. The van der Waals surface area contributed by atoms with Gasteiger partial charge in [-0.25, -0.2) is 4.68 Å². The van der Waals surface area contributed by atoms with Gasteiger partial charge < -0.3 is 11.1 Å². The molecule has 0 fully saturated rings. The molecule has 1 amide bonds. The van der Waals surface area contributed by atoms with Crippen molar-refractivity contribution in [3.63, 3.8) is 0 Å². The van der Waals surface area contributed by atoms with Crippen LogP contribution in [-0.2, 0) is 0 Å². The number of carbonyl (C=O) groups is 1. The van der Waals surface area contributed by atoms with Crippen molar-refractivity contribution in [2.45, 2.75) is 13.0 Å². The Morgan fingerprint density at radius 1 is 1.44 bits per heavy atom. The zero-order valence-corrected chi connectivity index (χ0v) is 10.3. The molecule has 0 saturated heterocycles. The molecule has 18 heavy (non-hydrogen) atoms. The van der Waals surface area contributed by atoms with Gasteiger partial charge in [0.25, 0.3) is 5.91 Å². The molecule has 0 saturated carbocycles. The lowest BCUT2D eigenvalue weighted by molar-refractivity contribution is 0.100. The molecule has 1 unspecified atom stereocenters. The maximum atomic E-state index is 11.0. The normalized spacial score (nSPS) is 12.3. The van der Waals surface area contributed by atoms with Crippen molar-refractivity contribution in [2.24, 2.45) is 5.73 Å². The van der Waals surface area contributed by atoms with Gasteiger partial charge in [0.15, 0.2) is 0 Å². The molecule has 94 valence electrons. The fraction of sp³-hybridized carbons (Fsp3) is 0.250. The third-order valence-corrected chi connectivity index (χ3v) is 2.78. The molecule has 0 aliphatic heterocycles. The Morgan fingerprint density at radius 2 is 2.22 bits per heavy atom. The van der Waals surface area contributed by atoms with Crippen LogP contribution < -0.4 is 11.1 Å². The molecule has 2 rings (SSSR count). The first-order valence-corrected chi connectivity index (χ1v) is 5.60. The Balaban J connectivity index is 2.25. The summed E-state index contributed by atoms with van der Waals surface area (Å²) in [5.41, 5.74) is 7.28. The minimum Gasteiger partial charge on any atom is -0.366 e. The standard InChI is InChI=1S/C12H15N5O/c1-8(14-2)11-4-3-10(6-15-11)17-7-9(5-16-17)12(13)18/h3-8,14H,1-2H3,(H2,13,18). The third-order valence-electron chi connectivity index (χ3n) is 2.78. The molecule has 0 aliphatic rings. The highest BCUT2D eigenvalue weighted by Crippen LogP contribution is 2.12. The first-order valence-electron chi connectivity index (χ1n) is 5.60. The number of nitrogens with zero attached hydrogens (tertiary/aromatic N) is 3. The molecule has 2 aromatic heterocycles. The summed E-state index contributed by atoms with van der Waals surface area (Å²) in [4.78, 5) is 15.3. The van der Waals surface area contributed by atoms with Crippen LogP contribution in [0.2, 0.25) is 0 Å². The van der Waals surface area contributed by atoms with Gasteiger partial charge in [-0.1, -0.05) is 0 Å². The van der Waals surface area contributed by atoms with E-state index in [1.54, 1.807) is 17.1 Å². The monoisotopic (exact) mass is 245 g/mol. The highest BCUT2D eigenvalue weighted by atomic mass is 16.1. The summed E-state index contributed by atoms with van der Waals surface area (Å²) >= 11 is 0. The van der Waals surface area contributed by atoms with E-state index in [2.05, 4.69) is 15.4 Å². The molecule has 0 aromatic carbocycles. The minimum atomic E-state index is -0.491. The van der Waals surface area contributed by atoms with Gasteiger partial charge in [0, 0.05) is 12.2 Å². The predicted molar refractivity (Wildman–Crippen MR) is 67.4 cm³/mol. The van der Waals surface area contributed by atoms with E-state index in [-0.39, 0.29) is 6.04 Å². The molecule has 2 heterocycles. The summed E-state index contributed by atoms with van der Waals surface area (Å²) in [5, 5.41) is 7.18. The molecule has 0 radical (unpaired) electrons. The van der Waals surface area contributed by atoms with E-state index in [1.165, 1.54) is 6.20 Å². The Hall–Kier alpha value is -2.21. The van der Waals surface area contributed by atoms with Crippen LogP contribution in [0.15, 0.2) is 30.7 Å². The van der Waals surface area contributed by atoms with Crippen LogP contribution in [0.1, 0.15) is 29.0 Å². The molecule has 0 aliphatic carbocycles. The summed E-state index contributed by atoms with van der Waals surface area (Å²) in [6, 6.07) is 4.01. The van der Waals surface area contributed by atoms with Crippen molar-refractivity contribution in [1.29, 1.82) is 0 Å². The first-order chi connectivity index (χ1) is 8.61. The van der Waals surface area contributed by atoms with Gasteiger partial charge in [0.05, 0.1) is 29.3 Å². The van der Waals surface area contributed by atoms with Gasteiger partial charge in [-0.15, -0.1) is 0 Å². The summed E-state index contributed by atoms with van der Waals surface area (Å²) in [5.74, 6) is -0.491. The van der Waals surface area contributed by atoms with E-state index in [1.807, 2.05) is 26.1 Å². The lowest BCUT2D eigenvalue weighted by Gasteiger charge is -2.09. The summed E-state index contributed by atoms with van der Waals surface area (Å²) in [7, 11) is 1.88. The van der Waals surface area contributed by atoms with E-state index < -0.39 is 5.91 Å². The van der Waals surface area contributed by atoms with Crippen LogP contribution in [0.5, 0.6) is 0 Å². The van der Waals surface area contributed by atoms with Gasteiger partial charge in [0.1, 0.15) is 0 Å². The number of primary amides is 1. The second-order valence-corrected chi connectivity index (χ2v) is 3.99. The number of pyridine rings is 1. The number of rotatable bonds is 4. The number of nitrogens with two attached hydrogens (primary N) is 1. The number of carbonyl (C=O) groups excluding carboxylic acids is 1. The molecule has 6 heteroatoms. The SMILES string of the molecule is CNC(C)c1ccc(-n2cc(C(N)=O)cn2)cn1. The molecular weight excluding hydrogens is 230 g/mol. The van der Waals surface area contributed by atoms with Gasteiger partial charge in [-0.05, 0) is 26.1 Å². The summed E-state index contributed by atoms with van der Waals surface area (Å²) in [6.45, 7) is 2.03. The summed E-state index contributed by atoms with van der Waals surface area (Å²) < 4.78 is 1.57. The van der Waals surface area contributed by atoms with Crippen LogP contribution in [0.4, 0.5) is 0 Å². The van der Waals surface area contributed by atoms with Gasteiger partial charge in [0.2, 0.25) is 0 Å². The highest BCUT2D eigenvalue weighted by molar-refractivity contribution is 5.92. The van der Waals surface area contributed by atoms with Crippen LogP contribution in [0, 0.1) is 0 Å². The Labute approximate surface area is 105 Å². The van der Waals surface area contributed by atoms with Crippen molar-refractivity contribution in [2.75, 3.05) is 7.05 Å². The van der Waals surface area contributed by atoms with Gasteiger partial charge in [-0.2, -0.15) is 5.10 Å². The molecule has 0 bridgehead atoms. The van der Waals surface area contributed by atoms with E-state index >= 15 is 0 Å². The lowest BCUT2D eigenvalue weighted by Crippen LogP contribution is -2.13. The number of amides is 1. The number of nitrogens with one attached hydrogen (secondary N) is 1. The molecule has 6 nitrogen and oxygen atoms in total. The summed E-state index contributed by atoms with van der Waals surface area (Å²) in [6.07, 6.45) is 4.73. The number of aromatic nitrogens is 3. The first kappa shape index (κ1) is 12.3. The fourth-order valence-electron chi connectivity index (χ4n) is 1.53. The van der Waals surface area contributed by atoms with Crippen molar-refractivity contribution in [3.05, 3.63) is 42.0 Å². The van der Waals surface area contributed by atoms with Crippen molar-refractivity contribution in [3.8, 4) is 5.69 Å². The third kappa shape index (κ3) is 2.38. The average Bonchev–Trinajstić information content (AvgIpc) is 2.88. The van der Waals surface area contributed by atoms with Crippen LogP contribution in [-0.4, -0.2) is 27.7 Å². The Morgan fingerprint density at radius 3 is 2.72 bits per heavy atom. The van der Waals surface area contributed by atoms with Crippen LogP contribution >= 0.6 is 0 Å². The topological polar surface area (TPSA) is 85.8 Å². The maximum absolute atomic E-state index is 11.0. The predicted octanol–water partition coefficient (Wildman–Crippen LogP) is 0.647. The second kappa shape index (κ2) is 4.97. The number of hydrogen-bond acceptors (Lipinski definition) is 4. The lowest BCUT2D eigenvalue weighted by atomic mass is 10.2. The molecule has 0 spiro atoms. The fourth-order valence-corrected chi connectivity index (χ4v) is 1.53. The average molecular weight is 245 g/mol. The second-order valence-electron chi connectivity index (χ2n) is 3.99. The van der Waals surface area contributed by atoms with Crippen LogP contribution in [0.25, 0.3) is 5.69 Å². The van der Waals surface area contributed by atoms with Gasteiger partial charge >= 0.3 is 0 Å². The molecule has 2 aromatic rings. The Kier molecular flexibility index (Phi) is 3.38. The minimum absolute atomic E-state index is 0.192. The largest absolute Gasteiger partial charge is 0.366 e. The smallest absolute Gasteiger partial charge is 0.251 e. The molecule has 1 atom stereocenters. The quantitative estimate of drug-likeness (QED) is 0.828. The highest BCUT2D eigenvalue weighted by Gasteiger charge is 2.07. The van der Waals surface area contributed by atoms with E-state index in [0.717, 1.165) is 11.4 Å². The van der Waals surface area contributed by atoms with E-state index in [9.17, 15) is 4.79 Å². The van der Waals surface area contributed by atoms with Crippen molar-refractivity contribution >= 4 is 5.91 Å². The van der Waals surface area contributed by atoms with Crippen molar-refractivity contribution in [1.82, 2.24) is 20.1 Å². The zero-order valence-electron chi connectivity index (χ0n) is 10.3. The van der Waals surface area contributed by atoms with E-state index in [4.69, 9.17) is 5.73 Å². The number of hydrogen-bond donors (Lipinski definition) is 2. The molecular formula is C12H15N5O. The van der Waals surface area contributed by atoms with E-state index in [0.29, 0.717) is 5.56 Å². The van der Waals surface area contributed by atoms with Crippen LogP contribution in [0.3, 0.4) is 0 Å².